The highest BCUT2D eigenvalue weighted by Gasteiger charge is 2.09. The van der Waals surface area contributed by atoms with E-state index in [2.05, 4.69) is 0 Å². The molecular weight excluding hydrogens is 240 g/mol. The molecule has 0 aromatic heterocycles. The zero-order valence-corrected chi connectivity index (χ0v) is 11.7. The summed E-state index contributed by atoms with van der Waals surface area (Å²) in [5.41, 5.74) is 1.20. The highest BCUT2D eigenvalue weighted by molar-refractivity contribution is 5.97. The third-order valence-electron chi connectivity index (χ3n) is 2.67. The van der Waals surface area contributed by atoms with Crippen molar-refractivity contribution < 1.29 is 9.53 Å². The van der Waals surface area contributed by atoms with E-state index in [4.69, 9.17) is 10.00 Å². The number of carbonyl (C=O) groups excluding carboxylic acids is 1. The van der Waals surface area contributed by atoms with Crippen molar-refractivity contribution in [2.24, 2.45) is 0 Å². The normalized spacial score (nSPS) is 10.7. The molecule has 0 atom stereocenters. The van der Waals surface area contributed by atoms with Crippen LogP contribution < -0.4 is 0 Å². The van der Waals surface area contributed by atoms with E-state index in [0.29, 0.717) is 24.3 Å². The lowest BCUT2D eigenvalue weighted by Crippen LogP contribution is -2.29. The maximum Gasteiger partial charge on any atom is 0.176 e. The first-order valence-electron chi connectivity index (χ1n) is 6.36. The molecule has 0 spiro atoms. The van der Waals surface area contributed by atoms with Gasteiger partial charge in [0.2, 0.25) is 0 Å². The predicted octanol–water partition coefficient (Wildman–Crippen LogP) is 2.10. The number of nitriles is 1. The Balaban J connectivity index is 2.43. The molecule has 0 N–H and O–H groups in total. The second-order valence-electron chi connectivity index (χ2n) is 4.77. The highest BCUT2D eigenvalue weighted by Crippen LogP contribution is 2.05. The molecule has 0 aliphatic carbocycles. The van der Waals surface area contributed by atoms with Crippen LogP contribution in [0, 0.1) is 11.3 Å². The second kappa shape index (κ2) is 7.67. The predicted molar refractivity (Wildman–Crippen MR) is 74.1 cm³/mol. The standard InChI is InChI=1S/C15H20N2O2/c1-12(2)19-9-8-17(3)11-15(18)14-6-4-13(10-16)5-7-14/h4-7,12H,8-9,11H2,1-3H3. The first kappa shape index (κ1) is 15.4. The molecule has 19 heavy (non-hydrogen) atoms. The molecule has 0 amide bonds. The van der Waals surface area contributed by atoms with E-state index >= 15 is 0 Å². The Bertz CT molecular complexity index is 446. The topological polar surface area (TPSA) is 53.3 Å². The lowest BCUT2D eigenvalue weighted by molar-refractivity contribution is 0.0619. The number of rotatable bonds is 7. The van der Waals surface area contributed by atoms with Gasteiger partial charge >= 0.3 is 0 Å². The van der Waals surface area contributed by atoms with Crippen LogP contribution >= 0.6 is 0 Å². The van der Waals surface area contributed by atoms with Crippen LogP contribution in [-0.2, 0) is 4.74 Å². The van der Waals surface area contributed by atoms with Gasteiger partial charge in [-0.2, -0.15) is 5.26 Å². The number of hydrogen-bond acceptors (Lipinski definition) is 4. The molecular formula is C15H20N2O2. The molecule has 0 aliphatic heterocycles. The minimum absolute atomic E-state index is 0.0523. The van der Waals surface area contributed by atoms with Crippen LogP contribution in [0.25, 0.3) is 0 Å². The number of hydrogen-bond donors (Lipinski definition) is 0. The third-order valence-corrected chi connectivity index (χ3v) is 2.67. The first-order chi connectivity index (χ1) is 9.02. The van der Waals surface area contributed by atoms with Crippen LogP contribution in [0.3, 0.4) is 0 Å². The Morgan fingerprint density at radius 1 is 1.37 bits per heavy atom. The van der Waals surface area contributed by atoms with E-state index in [0.717, 1.165) is 6.54 Å². The Morgan fingerprint density at radius 3 is 2.53 bits per heavy atom. The van der Waals surface area contributed by atoms with Crippen molar-refractivity contribution in [3.63, 3.8) is 0 Å². The Kier molecular flexibility index (Phi) is 6.20. The maximum atomic E-state index is 12.0. The molecule has 0 unspecified atom stereocenters. The van der Waals surface area contributed by atoms with E-state index < -0.39 is 0 Å². The fourth-order valence-corrected chi connectivity index (χ4v) is 1.59. The van der Waals surface area contributed by atoms with E-state index in [9.17, 15) is 4.79 Å². The van der Waals surface area contributed by atoms with Crippen LogP contribution in [0.4, 0.5) is 0 Å². The molecule has 0 saturated carbocycles. The molecule has 0 fully saturated rings. The highest BCUT2D eigenvalue weighted by atomic mass is 16.5. The zero-order valence-electron chi connectivity index (χ0n) is 11.7. The molecule has 0 radical (unpaired) electrons. The quantitative estimate of drug-likeness (QED) is 0.704. The second-order valence-corrected chi connectivity index (χ2v) is 4.77. The lowest BCUT2D eigenvalue weighted by atomic mass is 10.1. The number of ether oxygens (including phenoxy) is 1. The molecule has 1 rings (SSSR count). The van der Waals surface area contributed by atoms with Crippen molar-refractivity contribution in [1.29, 1.82) is 5.26 Å². The summed E-state index contributed by atoms with van der Waals surface area (Å²) in [6.07, 6.45) is 0.211. The minimum Gasteiger partial charge on any atom is -0.377 e. The van der Waals surface area contributed by atoms with Crippen molar-refractivity contribution in [2.45, 2.75) is 20.0 Å². The van der Waals surface area contributed by atoms with Gasteiger partial charge in [0.05, 0.1) is 30.9 Å². The van der Waals surface area contributed by atoms with Crippen molar-refractivity contribution in [1.82, 2.24) is 4.90 Å². The third kappa shape index (κ3) is 5.64. The van der Waals surface area contributed by atoms with Crippen LogP contribution in [0.2, 0.25) is 0 Å². The zero-order chi connectivity index (χ0) is 14.3. The Hall–Kier alpha value is -1.70. The van der Waals surface area contributed by atoms with Crippen LogP contribution in [-0.4, -0.2) is 43.5 Å². The van der Waals surface area contributed by atoms with Gasteiger partial charge in [0.15, 0.2) is 5.78 Å². The number of ketones is 1. The molecule has 4 nitrogen and oxygen atoms in total. The molecule has 4 heteroatoms. The smallest absolute Gasteiger partial charge is 0.176 e. The van der Waals surface area contributed by atoms with Gasteiger partial charge in [0.25, 0.3) is 0 Å². The van der Waals surface area contributed by atoms with Gasteiger partial charge in [0, 0.05) is 12.1 Å². The van der Waals surface area contributed by atoms with Crippen molar-refractivity contribution in [3.05, 3.63) is 35.4 Å². The van der Waals surface area contributed by atoms with Crippen LogP contribution in [0.5, 0.6) is 0 Å². The van der Waals surface area contributed by atoms with Gasteiger partial charge in [-0.05, 0) is 33.0 Å². The van der Waals surface area contributed by atoms with Crippen molar-refractivity contribution in [3.8, 4) is 6.07 Å². The fourth-order valence-electron chi connectivity index (χ4n) is 1.59. The summed E-state index contributed by atoms with van der Waals surface area (Å²) in [5.74, 6) is 0.0523. The summed E-state index contributed by atoms with van der Waals surface area (Å²) in [7, 11) is 1.89. The first-order valence-corrected chi connectivity index (χ1v) is 6.36. The number of nitrogens with zero attached hydrogens (tertiary/aromatic N) is 2. The Labute approximate surface area is 114 Å². The molecule has 102 valence electrons. The van der Waals surface area contributed by atoms with Crippen molar-refractivity contribution in [2.75, 3.05) is 26.7 Å². The van der Waals surface area contributed by atoms with E-state index in [1.165, 1.54) is 0 Å². The monoisotopic (exact) mass is 260 g/mol. The van der Waals surface area contributed by atoms with Crippen LogP contribution in [0.1, 0.15) is 29.8 Å². The lowest BCUT2D eigenvalue weighted by Gasteiger charge is -2.16. The maximum absolute atomic E-state index is 12.0. The van der Waals surface area contributed by atoms with Gasteiger partial charge in [-0.25, -0.2) is 0 Å². The van der Waals surface area contributed by atoms with Gasteiger partial charge in [-0.15, -0.1) is 0 Å². The molecule has 0 aliphatic rings. The number of carbonyl (C=O) groups is 1. The fraction of sp³-hybridized carbons (Fsp3) is 0.467. The van der Waals surface area contributed by atoms with E-state index in [-0.39, 0.29) is 11.9 Å². The van der Waals surface area contributed by atoms with Gasteiger partial charge in [-0.3, -0.25) is 9.69 Å². The van der Waals surface area contributed by atoms with Gasteiger partial charge in [-0.1, -0.05) is 12.1 Å². The number of benzene rings is 1. The minimum atomic E-state index is 0.0523. The summed E-state index contributed by atoms with van der Waals surface area (Å²) in [6.45, 7) is 5.67. The molecule has 0 heterocycles. The molecule has 1 aromatic rings. The van der Waals surface area contributed by atoms with E-state index in [1.54, 1.807) is 24.3 Å². The molecule has 0 bridgehead atoms. The summed E-state index contributed by atoms with van der Waals surface area (Å²) in [6, 6.07) is 8.75. The largest absolute Gasteiger partial charge is 0.377 e. The number of Topliss-reactive ketones (excluding diaryl/α,β-unsaturated/α-hetero) is 1. The van der Waals surface area contributed by atoms with Crippen molar-refractivity contribution >= 4 is 5.78 Å². The summed E-state index contributed by atoms with van der Waals surface area (Å²) < 4.78 is 5.44. The average Bonchev–Trinajstić information content (AvgIpc) is 2.38. The number of likely N-dealkylation sites (N-methyl/N-ethyl adjacent to an activating group) is 1. The summed E-state index contributed by atoms with van der Waals surface area (Å²) >= 11 is 0. The molecule has 0 saturated heterocycles. The van der Waals surface area contributed by atoms with E-state index in [1.807, 2.05) is 31.9 Å². The van der Waals surface area contributed by atoms with Gasteiger partial charge in [0.1, 0.15) is 0 Å². The summed E-state index contributed by atoms with van der Waals surface area (Å²) in [4.78, 5) is 13.9. The summed E-state index contributed by atoms with van der Waals surface area (Å²) in [5, 5.41) is 8.70. The van der Waals surface area contributed by atoms with Gasteiger partial charge < -0.3 is 4.74 Å². The van der Waals surface area contributed by atoms with Crippen LogP contribution in [0.15, 0.2) is 24.3 Å². The average molecular weight is 260 g/mol. The molecule has 1 aromatic carbocycles. The SMILES string of the molecule is CC(C)OCCN(C)CC(=O)c1ccc(C#N)cc1. The Morgan fingerprint density at radius 2 is 2.00 bits per heavy atom.